The van der Waals surface area contributed by atoms with Crippen molar-refractivity contribution in [3.05, 3.63) is 29.3 Å². The van der Waals surface area contributed by atoms with Gasteiger partial charge in [0.15, 0.2) is 0 Å². The van der Waals surface area contributed by atoms with E-state index in [1.54, 1.807) is 18.2 Å². The average molecular weight is 329 g/mol. The van der Waals surface area contributed by atoms with Crippen LogP contribution < -0.4 is 5.32 Å². The maximum Gasteiger partial charge on any atom is 0.243 e. The van der Waals surface area contributed by atoms with Crippen molar-refractivity contribution in [2.45, 2.75) is 24.2 Å². The number of piperidine rings is 1. The number of hydrogen-bond acceptors (Lipinski definition) is 3. The molecular weight excluding hydrogens is 312 g/mol. The van der Waals surface area contributed by atoms with Gasteiger partial charge in [0.05, 0.1) is 4.90 Å². The molecule has 2 heterocycles. The molecule has 114 valence electrons. The Hall–Kier alpha value is -1.11. The lowest BCUT2D eigenvalue weighted by molar-refractivity contribution is -0.119. The SMILES string of the molecule is O=C1CC2(CCN(S(=O)(=O)c3cccc(Cl)c3)CC2)CN1. The summed E-state index contributed by atoms with van der Waals surface area (Å²) in [6, 6.07) is 6.33. The summed E-state index contributed by atoms with van der Waals surface area (Å²) in [4.78, 5) is 11.6. The van der Waals surface area contributed by atoms with E-state index in [9.17, 15) is 13.2 Å². The van der Waals surface area contributed by atoms with Gasteiger partial charge in [-0.15, -0.1) is 0 Å². The molecule has 3 rings (SSSR count). The third-order valence-electron chi connectivity index (χ3n) is 4.41. The smallest absolute Gasteiger partial charge is 0.243 e. The Morgan fingerprint density at radius 3 is 2.52 bits per heavy atom. The fraction of sp³-hybridized carbons (Fsp3) is 0.500. The van der Waals surface area contributed by atoms with Gasteiger partial charge in [0.1, 0.15) is 0 Å². The second kappa shape index (κ2) is 5.26. The van der Waals surface area contributed by atoms with Gasteiger partial charge in [-0.05, 0) is 36.5 Å². The Kier molecular flexibility index (Phi) is 3.71. The zero-order valence-electron chi connectivity index (χ0n) is 11.5. The van der Waals surface area contributed by atoms with E-state index in [4.69, 9.17) is 11.6 Å². The molecule has 1 N–H and O–H groups in total. The van der Waals surface area contributed by atoms with E-state index in [-0.39, 0.29) is 16.2 Å². The summed E-state index contributed by atoms with van der Waals surface area (Å²) < 4.78 is 26.7. The summed E-state index contributed by atoms with van der Waals surface area (Å²) in [6.45, 7) is 1.56. The standard InChI is InChI=1S/C14H17ClN2O3S/c15-11-2-1-3-12(8-11)21(19,20)17-6-4-14(5-7-17)9-13(18)16-10-14/h1-3,8H,4-7,9-10H2,(H,16,18). The van der Waals surface area contributed by atoms with Gasteiger partial charge in [-0.25, -0.2) is 8.42 Å². The van der Waals surface area contributed by atoms with Gasteiger partial charge >= 0.3 is 0 Å². The lowest BCUT2D eigenvalue weighted by Crippen LogP contribution is -2.43. The molecule has 0 aromatic heterocycles. The molecule has 2 aliphatic heterocycles. The Labute approximate surface area is 129 Å². The fourth-order valence-corrected chi connectivity index (χ4v) is 4.83. The molecule has 1 spiro atoms. The molecule has 1 aromatic rings. The van der Waals surface area contributed by atoms with Crippen LogP contribution >= 0.6 is 11.6 Å². The van der Waals surface area contributed by atoms with Crippen LogP contribution in [0, 0.1) is 5.41 Å². The van der Waals surface area contributed by atoms with Crippen LogP contribution in [0.25, 0.3) is 0 Å². The molecule has 0 bridgehead atoms. The zero-order chi connectivity index (χ0) is 15.1. The van der Waals surface area contributed by atoms with Gasteiger partial charge in [0.2, 0.25) is 15.9 Å². The number of sulfonamides is 1. The predicted molar refractivity (Wildman–Crippen MR) is 79.5 cm³/mol. The molecule has 0 atom stereocenters. The number of nitrogens with zero attached hydrogens (tertiary/aromatic N) is 1. The number of carbonyl (C=O) groups excluding carboxylic acids is 1. The van der Waals surface area contributed by atoms with Crippen molar-refractivity contribution in [2.24, 2.45) is 5.41 Å². The van der Waals surface area contributed by atoms with Crippen molar-refractivity contribution in [3.63, 3.8) is 0 Å². The quantitative estimate of drug-likeness (QED) is 0.897. The van der Waals surface area contributed by atoms with Crippen LogP contribution in [0.15, 0.2) is 29.2 Å². The van der Waals surface area contributed by atoms with E-state index < -0.39 is 10.0 Å². The number of amides is 1. The number of hydrogen-bond donors (Lipinski definition) is 1. The highest BCUT2D eigenvalue weighted by atomic mass is 35.5. The normalized spacial score (nSPS) is 22.4. The first-order valence-electron chi connectivity index (χ1n) is 6.94. The fourth-order valence-electron chi connectivity index (χ4n) is 3.08. The second-order valence-electron chi connectivity index (χ2n) is 5.81. The molecule has 2 aliphatic rings. The van der Waals surface area contributed by atoms with Crippen LogP contribution in [0.2, 0.25) is 5.02 Å². The maximum atomic E-state index is 12.6. The Bertz CT molecular complexity index is 667. The zero-order valence-corrected chi connectivity index (χ0v) is 13.1. The third kappa shape index (κ3) is 2.80. The summed E-state index contributed by atoms with van der Waals surface area (Å²) in [5, 5.41) is 3.26. The second-order valence-corrected chi connectivity index (χ2v) is 8.19. The Balaban J connectivity index is 1.76. The molecule has 5 nitrogen and oxygen atoms in total. The summed E-state index contributed by atoms with van der Waals surface area (Å²) in [6.07, 6.45) is 1.94. The van der Waals surface area contributed by atoms with Crippen LogP contribution in [-0.2, 0) is 14.8 Å². The van der Waals surface area contributed by atoms with Crippen molar-refractivity contribution in [1.29, 1.82) is 0 Å². The van der Waals surface area contributed by atoms with E-state index in [1.807, 2.05) is 0 Å². The first-order valence-corrected chi connectivity index (χ1v) is 8.76. The van der Waals surface area contributed by atoms with E-state index in [0.717, 1.165) is 0 Å². The van der Waals surface area contributed by atoms with E-state index in [2.05, 4.69) is 5.32 Å². The lowest BCUT2D eigenvalue weighted by atomic mass is 9.78. The predicted octanol–water partition coefficient (Wildman–Crippen LogP) is 1.63. The molecular formula is C14H17ClN2O3S. The van der Waals surface area contributed by atoms with E-state index in [0.29, 0.717) is 43.9 Å². The van der Waals surface area contributed by atoms with Crippen molar-refractivity contribution in [2.75, 3.05) is 19.6 Å². The number of nitrogens with one attached hydrogen (secondary N) is 1. The summed E-state index contributed by atoms with van der Waals surface area (Å²) in [7, 11) is -3.50. The number of benzene rings is 1. The van der Waals surface area contributed by atoms with Crippen LogP contribution in [0.3, 0.4) is 0 Å². The topological polar surface area (TPSA) is 66.5 Å². The number of carbonyl (C=O) groups is 1. The Morgan fingerprint density at radius 1 is 1.24 bits per heavy atom. The van der Waals surface area contributed by atoms with Gasteiger partial charge in [-0.3, -0.25) is 4.79 Å². The number of halogens is 1. The molecule has 2 saturated heterocycles. The first-order chi connectivity index (χ1) is 9.91. The highest BCUT2D eigenvalue weighted by molar-refractivity contribution is 7.89. The third-order valence-corrected chi connectivity index (χ3v) is 6.54. The molecule has 2 fully saturated rings. The van der Waals surface area contributed by atoms with E-state index in [1.165, 1.54) is 10.4 Å². The van der Waals surface area contributed by atoms with Gasteiger partial charge in [0, 0.05) is 31.1 Å². The Morgan fingerprint density at radius 2 is 1.95 bits per heavy atom. The first kappa shape index (κ1) is 14.8. The molecule has 7 heteroatoms. The van der Waals surface area contributed by atoms with Crippen LogP contribution in [0.5, 0.6) is 0 Å². The van der Waals surface area contributed by atoms with Crippen LogP contribution in [-0.4, -0.2) is 38.3 Å². The highest BCUT2D eigenvalue weighted by Gasteiger charge is 2.43. The van der Waals surface area contributed by atoms with Crippen molar-refractivity contribution < 1.29 is 13.2 Å². The highest BCUT2D eigenvalue weighted by Crippen LogP contribution is 2.38. The van der Waals surface area contributed by atoms with Gasteiger partial charge in [-0.1, -0.05) is 17.7 Å². The molecule has 0 saturated carbocycles. The maximum absolute atomic E-state index is 12.6. The summed E-state index contributed by atoms with van der Waals surface area (Å²) >= 11 is 5.88. The minimum atomic E-state index is -3.50. The van der Waals surface area contributed by atoms with Crippen molar-refractivity contribution >= 4 is 27.5 Å². The molecule has 0 radical (unpaired) electrons. The molecule has 1 amide bonds. The van der Waals surface area contributed by atoms with Crippen LogP contribution in [0.4, 0.5) is 0 Å². The minimum absolute atomic E-state index is 0.0581. The van der Waals surface area contributed by atoms with Gasteiger partial charge in [-0.2, -0.15) is 4.31 Å². The van der Waals surface area contributed by atoms with Gasteiger partial charge < -0.3 is 5.32 Å². The van der Waals surface area contributed by atoms with E-state index >= 15 is 0 Å². The summed E-state index contributed by atoms with van der Waals surface area (Å²) in [5.41, 5.74) is -0.0581. The molecule has 0 aliphatic carbocycles. The largest absolute Gasteiger partial charge is 0.356 e. The molecule has 1 aromatic carbocycles. The minimum Gasteiger partial charge on any atom is -0.356 e. The van der Waals surface area contributed by atoms with Crippen LogP contribution in [0.1, 0.15) is 19.3 Å². The summed E-state index contributed by atoms with van der Waals surface area (Å²) in [5.74, 6) is 0.0705. The average Bonchev–Trinajstić information content (AvgIpc) is 2.80. The van der Waals surface area contributed by atoms with Crippen molar-refractivity contribution in [3.8, 4) is 0 Å². The van der Waals surface area contributed by atoms with Gasteiger partial charge in [0.25, 0.3) is 0 Å². The molecule has 21 heavy (non-hydrogen) atoms. The monoisotopic (exact) mass is 328 g/mol. The molecule has 0 unspecified atom stereocenters. The lowest BCUT2D eigenvalue weighted by Gasteiger charge is -2.37. The van der Waals surface area contributed by atoms with Crippen molar-refractivity contribution in [1.82, 2.24) is 9.62 Å². The number of rotatable bonds is 2.